The number of rotatable bonds is 3. The van der Waals surface area contributed by atoms with E-state index in [4.69, 9.17) is 4.42 Å². The zero-order chi connectivity index (χ0) is 33.9. The van der Waals surface area contributed by atoms with Gasteiger partial charge < -0.3 is 8.98 Å². The van der Waals surface area contributed by atoms with E-state index in [1.807, 2.05) is 0 Å². The van der Waals surface area contributed by atoms with Gasteiger partial charge in [0.25, 0.3) is 0 Å². The van der Waals surface area contributed by atoms with Crippen LogP contribution in [0.4, 0.5) is 0 Å². The van der Waals surface area contributed by atoms with Crippen molar-refractivity contribution in [2.45, 2.75) is 0 Å². The molecule has 0 spiro atoms. The number of aromatic nitrogens is 1. The van der Waals surface area contributed by atoms with E-state index in [2.05, 4.69) is 180 Å². The molecule has 0 aliphatic carbocycles. The molecule has 0 aliphatic rings. The first-order valence-corrected chi connectivity index (χ1v) is 17.9. The van der Waals surface area contributed by atoms with Crippen molar-refractivity contribution < 1.29 is 4.42 Å². The van der Waals surface area contributed by atoms with Gasteiger partial charge in [0.2, 0.25) is 0 Å². The maximum absolute atomic E-state index is 6.39. The Hall–Kier alpha value is -6.90. The van der Waals surface area contributed by atoms with Crippen LogP contribution >= 0.6 is 0 Å². The highest BCUT2D eigenvalue weighted by Gasteiger charge is 2.23. The van der Waals surface area contributed by atoms with Gasteiger partial charge in [0, 0.05) is 32.5 Å². The molecule has 0 unspecified atom stereocenters. The lowest BCUT2D eigenvalue weighted by molar-refractivity contribution is 0.669. The Labute approximate surface area is 298 Å². The van der Waals surface area contributed by atoms with Crippen LogP contribution in [-0.4, -0.2) is 4.57 Å². The summed E-state index contributed by atoms with van der Waals surface area (Å²) in [7, 11) is 0. The van der Waals surface area contributed by atoms with E-state index in [0.717, 1.165) is 11.2 Å². The standard InChI is InChI=1S/C50H29NO/c1-2-14-32-30(12-1)24-27-40-33-15-7-9-21-42(33)51(50(32)40)43-22-10-8-20-41(43)48-36-18-5-3-16-34(36)47(35-17-4-6-19-37(35)48)38-28-29-45-49-39(38)26-25-31-13-11-23-44(52-45)46(31)49/h1-29H. The minimum absolute atomic E-state index is 0.934. The minimum Gasteiger partial charge on any atom is -0.456 e. The molecule has 12 rings (SSSR count). The topological polar surface area (TPSA) is 18.1 Å². The first kappa shape index (κ1) is 27.9. The lowest BCUT2D eigenvalue weighted by Crippen LogP contribution is -1.99. The van der Waals surface area contributed by atoms with E-state index < -0.39 is 0 Å². The van der Waals surface area contributed by atoms with Crippen molar-refractivity contribution in [3.8, 4) is 27.9 Å². The van der Waals surface area contributed by atoms with E-state index in [-0.39, 0.29) is 0 Å². The Bertz CT molecular complexity index is 3360. The highest BCUT2D eigenvalue weighted by atomic mass is 16.3. The molecule has 0 radical (unpaired) electrons. The highest BCUT2D eigenvalue weighted by Crippen LogP contribution is 2.49. The summed E-state index contributed by atoms with van der Waals surface area (Å²) >= 11 is 0. The summed E-state index contributed by atoms with van der Waals surface area (Å²) in [6, 6.07) is 64.4. The van der Waals surface area contributed by atoms with Crippen molar-refractivity contribution in [3.63, 3.8) is 0 Å². The van der Waals surface area contributed by atoms with Gasteiger partial charge in [-0.1, -0.05) is 146 Å². The van der Waals surface area contributed by atoms with Crippen molar-refractivity contribution in [3.05, 3.63) is 176 Å². The lowest BCUT2D eigenvalue weighted by Gasteiger charge is -2.21. The number of fused-ring (bicyclic) bond motifs is 7. The van der Waals surface area contributed by atoms with E-state index in [0.29, 0.717) is 0 Å². The quantitative estimate of drug-likeness (QED) is 0.136. The molecule has 2 nitrogen and oxygen atoms in total. The average Bonchev–Trinajstić information content (AvgIpc) is 3.76. The van der Waals surface area contributed by atoms with Crippen LogP contribution in [0.2, 0.25) is 0 Å². The molecular formula is C50H29NO. The smallest absolute Gasteiger partial charge is 0.136 e. The second kappa shape index (κ2) is 10.3. The molecule has 2 heteroatoms. The molecule has 2 aromatic heterocycles. The molecule has 0 N–H and O–H groups in total. The number of para-hydroxylation sites is 2. The molecule has 0 saturated carbocycles. The normalized spacial score (nSPS) is 12.2. The van der Waals surface area contributed by atoms with Gasteiger partial charge >= 0.3 is 0 Å². The zero-order valence-corrected chi connectivity index (χ0v) is 28.1. The zero-order valence-electron chi connectivity index (χ0n) is 28.1. The van der Waals surface area contributed by atoms with E-state index in [1.165, 1.54) is 104 Å². The van der Waals surface area contributed by atoms with Gasteiger partial charge in [-0.3, -0.25) is 0 Å². The van der Waals surface area contributed by atoms with E-state index in [1.54, 1.807) is 0 Å². The number of hydrogen-bond donors (Lipinski definition) is 0. The van der Waals surface area contributed by atoms with Crippen molar-refractivity contribution in [2.75, 3.05) is 0 Å². The molecule has 0 fully saturated rings. The third-order valence-electron chi connectivity index (χ3n) is 11.3. The van der Waals surface area contributed by atoms with Gasteiger partial charge in [-0.15, -0.1) is 0 Å². The fourth-order valence-corrected chi connectivity index (χ4v) is 9.23. The Balaban J connectivity index is 1.22. The van der Waals surface area contributed by atoms with Crippen LogP contribution in [0.5, 0.6) is 0 Å². The van der Waals surface area contributed by atoms with Crippen LogP contribution in [0.25, 0.3) is 115 Å². The predicted octanol–water partition coefficient (Wildman–Crippen LogP) is 14.1. The summed E-state index contributed by atoms with van der Waals surface area (Å²) in [6.45, 7) is 0. The largest absolute Gasteiger partial charge is 0.456 e. The van der Waals surface area contributed by atoms with Crippen molar-refractivity contribution in [2.24, 2.45) is 0 Å². The Kier molecular flexibility index (Phi) is 5.53. The van der Waals surface area contributed by atoms with Crippen molar-refractivity contribution >= 4 is 86.8 Å². The first-order chi connectivity index (χ1) is 25.8. The second-order valence-electron chi connectivity index (χ2n) is 13.9. The maximum Gasteiger partial charge on any atom is 0.136 e. The second-order valence-corrected chi connectivity index (χ2v) is 13.9. The molecule has 2 heterocycles. The summed E-state index contributed by atoms with van der Waals surface area (Å²) in [5, 5.41) is 14.8. The molecule has 0 saturated heterocycles. The molecule has 0 aliphatic heterocycles. The maximum atomic E-state index is 6.39. The summed E-state index contributed by atoms with van der Waals surface area (Å²) in [5.74, 6) is 0. The Morgan fingerprint density at radius 2 is 0.904 bits per heavy atom. The lowest BCUT2D eigenvalue weighted by atomic mass is 9.84. The molecule has 0 atom stereocenters. The highest BCUT2D eigenvalue weighted by molar-refractivity contribution is 6.29. The SMILES string of the molecule is c1ccc(-n2c3ccccc3c3ccc4ccccc4c32)c(-c2c3ccccc3c(-c3ccc4oc5cccc6ccc3c4c65)c3ccccc23)c1. The van der Waals surface area contributed by atoms with Crippen LogP contribution < -0.4 is 0 Å². The molecule has 0 bridgehead atoms. The molecular weight excluding hydrogens is 631 g/mol. The predicted molar refractivity (Wildman–Crippen MR) is 220 cm³/mol. The van der Waals surface area contributed by atoms with Gasteiger partial charge in [-0.05, 0) is 84.7 Å². The number of nitrogens with zero attached hydrogens (tertiary/aromatic N) is 1. The van der Waals surface area contributed by atoms with Gasteiger partial charge in [0.1, 0.15) is 11.2 Å². The Morgan fingerprint density at radius 3 is 1.69 bits per heavy atom. The van der Waals surface area contributed by atoms with E-state index in [9.17, 15) is 0 Å². The molecule has 52 heavy (non-hydrogen) atoms. The van der Waals surface area contributed by atoms with Crippen molar-refractivity contribution in [1.82, 2.24) is 4.57 Å². The fourth-order valence-electron chi connectivity index (χ4n) is 9.23. The molecule has 12 aromatic rings. The van der Waals surface area contributed by atoms with Crippen LogP contribution in [0.3, 0.4) is 0 Å². The van der Waals surface area contributed by atoms with Gasteiger partial charge in [-0.2, -0.15) is 0 Å². The van der Waals surface area contributed by atoms with Gasteiger partial charge in [0.15, 0.2) is 0 Å². The van der Waals surface area contributed by atoms with E-state index >= 15 is 0 Å². The number of benzene rings is 10. The van der Waals surface area contributed by atoms with Crippen LogP contribution in [0, 0.1) is 0 Å². The fraction of sp³-hybridized carbons (Fsp3) is 0. The van der Waals surface area contributed by atoms with Gasteiger partial charge in [0.05, 0.1) is 16.7 Å². The molecule has 0 amide bonds. The average molecular weight is 660 g/mol. The van der Waals surface area contributed by atoms with Crippen LogP contribution in [0.15, 0.2) is 180 Å². The molecule has 240 valence electrons. The summed E-state index contributed by atoms with van der Waals surface area (Å²) < 4.78 is 8.90. The third-order valence-corrected chi connectivity index (χ3v) is 11.3. The number of furan rings is 1. The first-order valence-electron chi connectivity index (χ1n) is 17.9. The molecule has 10 aromatic carbocycles. The Morgan fingerprint density at radius 1 is 0.327 bits per heavy atom. The minimum atomic E-state index is 0.934. The summed E-state index contributed by atoms with van der Waals surface area (Å²) in [6.07, 6.45) is 0. The summed E-state index contributed by atoms with van der Waals surface area (Å²) in [4.78, 5) is 0. The monoisotopic (exact) mass is 659 g/mol. The van der Waals surface area contributed by atoms with Crippen molar-refractivity contribution in [1.29, 1.82) is 0 Å². The van der Waals surface area contributed by atoms with Crippen LogP contribution in [0.1, 0.15) is 0 Å². The van der Waals surface area contributed by atoms with Gasteiger partial charge in [-0.25, -0.2) is 0 Å². The third kappa shape index (κ3) is 3.63. The van der Waals surface area contributed by atoms with Crippen LogP contribution in [-0.2, 0) is 0 Å². The number of hydrogen-bond acceptors (Lipinski definition) is 1. The summed E-state index contributed by atoms with van der Waals surface area (Å²) in [5.41, 5.74) is 10.4.